The van der Waals surface area contributed by atoms with Crippen LogP contribution in [0, 0.1) is 5.92 Å². The number of para-hydroxylation sites is 1. The van der Waals surface area contributed by atoms with Crippen LogP contribution >= 0.6 is 0 Å². The van der Waals surface area contributed by atoms with Crippen LogP contribution in [-0.4, -0.2) is 33.7 Å². The molecule has 1 saturated heterocycles. The molecule has 1 aromatic heterocycles. The molecule has 0 aliphatic carbocycles. The van der Waals surface area contributed by atoms with Gasteiger partial charge in [-0.05, 0) is 37.8 Å². The van der Waals surface area contributed by atoms with E-state index in [1.54, 1.807) is 23.9 Å². The zero-order valence-electron chi connectivity index (χ0n) is 17.5. The molecule has 1 fully saturated rings. The summed E-state index contributed by atoms with van der Waals surface area (Å²) in [6.07, 6.45) is 3.07. The van der Waals surface area contributed by atoms with Crippen LogP contribution in [-0.2, 0) is 16.1 Å². The predicted octanol–water partition coefficient (Wildman–Crippen LogP) is 3.54. The average Bonchev–Trinajstić information content (AvgIpc) is 3.17. The molecule has 2 amide bonds. The second-order valence-corrected chi connectivity index (χ2v) is 7.87. The lowest BCUT2D eigenvalue weighted by molar-refractivity contribution is -0.123. The van der Waals surface area contributed by atoms with Gasteiger partial charge >= 0.3 is 0 Å². The SMILES string of the molecule is CCn1ccc(C(=O)Nc2ccccc2[C@@H]2C[C@H](NC(C)=O)C[C@H](C(C)C)O2)n1. The number of aromatic nitrogens is 2. The summed E-state index contributed by atoms with van der Waals surface area (Å²) < 4.78 is 8.09. The zero-order valence-corrected chi connectivity index (χ0v) is 17.5. The molecule has 3 atom stereocenters. The molecule has 0 saturated carbocycles. The number of rotatable bonds is 6. The first-order valence-electron chi connectivity index (χ1n) is 10.2. The number of anilines is 1. The van der Waals surface area contributed by atoms with Crippen molar-refractivity contribution in [3.05, 3.63) is 47.8 Å². The largest absolute Gasteiger partial charge is 0.370 e. The van der Waals surface area contributed by atoms with E-state index in [1.807, 2.05) is 31.2 Å². The molecule has 1 aromatic carbocycles. The van der Waals surface area contributed by atoms with Gasteiger partial charge in [0.1, 0.15) is 0 Å². The van der Waals surface area contributed by atoms with Gasteiger partial charge in [-0.25, -0.2) is 0 Å². The molecule has 0 bridgehead atoms. The number of aryl methyl sites for hydroxylation is 1. The van der Waals surface area contributed by atoms with E-state index < -0.39 is 0 Å². The Hall–Kier alpha value is -2.67. The van der Waals surface area contributed by atoms with E-state index in [9.17, 15) is 9.59 Å². The smallest absolute Gasteiger partial charge is 0.276 e. The van der Waals surface area contributed by atoms with Crippen LogP contribution in [0.4, 0.5) is 5.69 Å². The molecule has 156 valence electrons. The summed E-state index contributed by atoms with van der Waals surface area (Å²) >= 11 is 0. The van der Waals surface area contributed by atoms with Crippen LogP contribution in [0.3, 0.4) is 0 Å². The van der Waals surface area contributed by atoms with E-state index >= 15 is 0 Å². The Morgan fingerprint density at radius 3 is 2.66 bits per heavy atom. The summed E-state index contributed by atoms with van der Waals surface area (Å²) in [5.74, 6) is 0.0411. The van der Waals surface area contributed by atoms with Crippen molar-refractivity contribution < 1.29 is 14.3 Å². The van der Waals surface area contributed by atoms with Gasteiger partial charge in [-0.3, -0.25) is 14.3 Å². The van der Waals surface area contributed by atoms with Gasteiger partial charge in [0.05, 0.1) is 12.2 Å². The highest BCUT2D eigenvalue weighted by molar-refractivity contribution is 6.03. The van der Waals surface area contributed by atoms with Crippen molar-refractivity contribution in [3.63, 3.8) is 0 Å². The maximum atomic E-state index is 12.7. The molecule has 29 heavy (non-hydrogen) atoms. The molecule has 0 unspecified atom stereocenters. The second-order valence-electron chi connectivity index (χ2n) is 7.87. The number of nitrogens with zero attached hydrogens (tertiary/aromatic N) is 2. The normalized spacial score (nSPS) is 21.8. The third-order valence-electron chi connectivity index (χ3n) is 5.26. The van der Waals surface area contributed by atoms with Crippen LogP contribution < -0.4 is 10.6 Å². The summed E-state index contributed by atoms with van der Waals surface area (Å²) in [5.41, 5.74) is 2.00. The van der Waals surface area contributed by atoms with Crippen LogP contribution in [0.15, 0.2) is 36.5 Å². The van der Waals surface area contributed by atoms with Gasteiger partial charge in [-0.2, -0.15) is 5.10 Å². The van der Waals surface area contributed by atoms with Crippen molar-refractivity contribution in [3.8, 4) is 0 Å². The highest BCUT2D eigenvalue weighted by atomic mass is 16.5. The lowest BCUT2D eigenvalue weighted by atomic mass is 9.89. The Balaban J connectivity index is 1.82. The fraction of sp³-hybridized carbons (Fsp3) is 0.500. The number of hydrogen-bond donors (Lipinski definition) is 2. The van der Waals surface area contributed by atoms with Gasteiger partial charge in [-0.15, -0.1) is 0 Å². The maximum absolute atomic E-state index is 12.7. The number of amides is 2. The molecular formula is C22H30N4O3. The number of hydrogen-bond acceptors (Lipinski definition) is 4. The zero-order chi connectivity index (χ0) is 21.0. The number of ether oxygens (including phenoxy) is 1. The van der Waals surface area contributed by atoms with Crippen molar-refractivity contribution in [2.24, 2.45) is 5.92 Å². The highest BCUT2D eigenvalue weighted by Gasteiger charge is 2.33. The Bertz CT molecular complexity index is 861. The number of carbonyl (C=O) groups excluding carboxylic acids is 2. The molecule has 0 radical (unpaired) electrons. The summed E-state index contributed by atoms with van der Waals surface area (Å²) in [5, 5.41) is 10.3. The fourth-order valence-corrected chi connectivity index (χ4v) is 3.73. The second kappa shape index (κ2) is 9.22. The van der Waals surface area contributed by atoms with Crippen molar-refractivity contribution in [1.29, 1.82) is 0 Å². The van der Waals surface area contributed by atoms with E-state index in [2.05, 4.69) is 29.6 Å². The lowest BCUT2D eigenvalue weighted by Gasteiger charge is -2.38. The Morgan fingerprint density at radius 2 is 2.00 bits per heavy atom. The van der Waals surface area contributed by atoms with E-state index in [0.717, 1.165) is 12.0 Å². The summed E-state index contributed by atoms with van der Waals surface area (Å²) in [6.45, 7) is 8.46. The van der Waals surface area contributed by atoms with Crippen molar-refractivity contribution in [2.45, 2.75) is 65.3 Å². The van der Waals surface area contributed by atoms with Crippen LogP contribution in [0.5, 0.6) is 0 Å². The Morgan fingerprint density at radius 1 is 1.24 bits per heavy atom. The third kappa shape index (κ3) is 5.23. The first-order valence-corrected chi connectivity index (χ1v) is 10.2. The monoisotopic (exact) mass is 398 g/mol. The van der Waals surface area contributed by atoms with E-state index in [1.165, 1.54) is 0 Å². The summed E-state index contributed by atoms with van der Waals surface area (Å²) in [6, 6.07) is 9.42. The third-order valence-corrected chi connectivity index (χ3v) is 5.26. The minimum absolute atomic E-state index is 0.0359. The van der Waals surface area contributed by atoms with Crippen LogP contribution in [0.2, 0.25) is 0 Å². The molecule has 2 aromatic rings. The fourth-order valence-electron chi connectivity index (χ4n) is 3.73. The number of carbonyl (C=O) groups is 2. The average molecular weight is 399 g/mol. The van der Waals surface area contributed by atoms with Gasteiger partial charge in [0.2, 0.25) is 5.91 Å². The van der Waals surface area contributed by atoms with Crippen LogP contribution in [0.1, 0.15) is 62.7 Å². The highest BCUT2D eigenvalue weighted by Crippen LogP contribution is 2.37. The van der Waals surface area contributed by atoms with E-state index in [-0.39, 0.29) is 30.1 Å². The molecule has 3 rings (SSSR count). The molecule has 7 nitrogen and oxygen atoms in total. The Labute approximate surface area is 171 Å². The summed E-state index contributed by atoms with van der Waals surface area (Å²) in [4.78, 5) is 24.3. The van der Waals surface area contributed by atoms with Crippen LogP contribution in [0.25, 0.3) is 0 Å². The predicted molar refractivity (Wildman–Crippen MR) is 112 cm³/mol. The minimum atomic E-state index is -0.251. The first kappa shape index (κ1) is 21.0. The summed E-state index contributed by atoms with van der Waals surface area (Å²) in [7, 11) is 0. The molecule has 0 spiro atoms. The number of benzene rings is 1. The van der Waals surface area contributed by atoms with E-state index in [0.29, 0.717) is 30.3 Å². The van der Waals surface area contributed by atoms with Crippen molar-refractivity contribution in [2.75, 3.05) is 5.32 Å². The lowest BCUT2D eigenvalue weighted by Crippen LogP contribution is -2.43. The van der Waals surface area contributed by atoms with Gasteiger partial charge in [0, 0.05) is 37.0 Å². The molecule has 7 heteroatoms. The standard InChI is InChI=1S/C22H30N4O3/c1-5-26-11-10-19(25-26)22(28)24-18-9-7-6-8-17(18)21-13-16(23-15(4)27)12-20(29-21)14(2)3/h6-11,14,16,20-21H,5,12-13H2,1-4H3,(H,23,27)(H,24,28)/t16-,20-,21+/m1/s1. The van der Waals surface area contributed by atoms with Gasteiger partial charge in [0.15, 0.2) is 5.69 Å². The topological polar surface area (TPSA) is 85.2 Å². The molecule has 2 N–H and O–H groups in total. The van der Waals surface area contributed by atoms with E-state index in [4.69, 9.17) is 4.74 Å². The quantitative estimate of drug-likeness (QED) is 0.779. The number of nitrogens with one attached hydrogen (secondary N) is 2. The van der Waals surface area contributed by atoms with Gasteiger partial charge in [-0.1, -0.05) is 32.0 Å². The molecule has 1 aliphatic heterocycles. The Kier molecular flexibility index (Phi) is 6.69. The first-order chi connectivity index (χ1) is 13.9. The molecule has 1 aliphatic rings. The molecule has 2 heterocycles. The van der Waals surface area contributed by atoms with Crippen molar-refractivity contribution in [1.82, 2.24) is 15.1 Å². The van der Waals surface area contributed by atoms with Crippen molar-refractivity contribution >= 4 is 17.5 Å². The van der Waals surface area contributed by atoms with Gasteiger partial charge in [0.25, 0.3) is 5.91 Å². The van der Waals surface area contributed by atoms with Gasteiger partial charge < -0.3 is 15.4 Å². The maximum Gasteiger partial charge on any atom is 0.276 e. The minimum Gasteiger partial charge on any atom is -0.370 e. The molecular weight excluding hydrogens is 368 g/mol.